The predicted molar refractivity (Wildman–Crippen MR) is 128 cm³/mol. The van der Waals surface area contributed by atoms with Crippen molar-refractivity contribution in [1.82, 2.24) is 29.7 Å². The lowest BCUT2D eigenvalue weighted by atomic mass is 10.1. The first-order chi connectivity index (χ1) is 16.7. The molecule has 2 aromatic carbocycles. The fourth-order valence-corrected chi connectivity index (χ4v) is 4.24. The fourth-order valence-electron chi connectivity index (χ4n) is 4.24. The molecule has 0 bridgehead atoms. The zero-order valence-corrected chi connectivity index (χ0v) is 19.2. The third-order valence-corrected chi connectivity index (χ3v) is 6.33. The lowest BCUT2D eigenvalue weighted by molar-refractivity contribution is -0.133. The molecular weight excluding hydrogens is 428 g/mol. The molecule has 0 radical (unpaired) electrons. The third kappa shape index (κ3) is 4.92. The van der Waals surface area contributed by atoms with E-state index in [1.807, 2.05) is 82.6 Å². The van der Waals surface area contributed by atoms with Crippen molar-refractivity contribution in [3.63, 3.8) is 0 Å². The number of benzene rings is 2. The molecule has 174 valence electrons. The van der Waals surface area contributed by atoms with Crippen LogP contribution in [0.3, 0.4) is 0 Å². The van der Waals surface area contributed by atoms with Crippen LogP contribution in [0, 0.1) is 0 Å². The van der Waals surface area contributed by atoms with Gasteiger partial charge < -0.3 is 9.42 Å². The number of para-hydroxylation sites is 1. The first kappa shape index (κ1) is 22.0. The Balaban J connectivity index is 1.11. The molecule has 34 heavy (non-hydrogen) atoms. The minimum atomic E-state index is 0.00559. The van der Waals surface area contributed by atoms with Crippen molar-refractivity contribution in [2.45, 2.75) is 25.8 Å². The quantitative estimate of drug-likeness (QED) is 0.421. The Bertz CT molecular complexity index is 1210. The van der Waals surface area contributed by atoms with Gasteiger partial charge in [-0.25, -0.2) is 4.68 Å². The zero-order chi connectivity index (χ0) is 23.3. The molecule has 1 amide bonds. The Hall–Kier alpha value is -3.78. The Morgan fingerprint density at radius 1 is 1.00 bits per heavy atom. The van der Waals surface area contributed by atoms with Crippen molar-refractivity contribution in [1.29, 1.82) is 0 Å². The highest BCUT2D eigenvalue weighted by Gasteiger charge is 2.27. The predicted octanol–water partition coefficient (Wildman–Crippen LogP) is 3.76. The van der Waals surface area contributed by atoms with Gasteiger partial charge in [0.1, 0.15) is 0 Å². The standard InChI is InChI=1S/C26H28N6O2/c1-20(26-28-25(29-34-26)22-8-4-2-5-9-22)30-14-16-31(17-15-30)24(33)13-12-21-18-27-32(19-21)23-10-6-3-7-11-23/h2-11,18-20H,12-17H2,1H3. The second kappa shape index (κ2) is 10.0. The first-order valence-electron chi connectivity index (χ1n) is 11.7. The Morgan fingerprint density at radius 3 is 2.44 bits per heavy atom. The van der Waals surface area contributed by atoms with Gasteiger partial charge >= 0.3 is 0 Å². The number of nitrogens with zero attached hydrogens (tertiary/aromatic N) is 6. The van der Waals surface area contributed by atoms with E-state index in [1.54, 1.807) is 0 Å². The molecule has 1 aliphatic heterocycles. The first-order valence-corrected chi connectivity index (χ1v) is 11.7. The number of rotatable bonds is 7. The van der Waals surface area contributed by atoms with E-state index in [0.29, 0.717) is 37.6 Å². The van der Waals surface area contributed by atoms with E-state index in [0.717, 1.165) is 29.9 Å². The summed E-state index contributed by atoms with van der Waals surface area (Å²) in [5.41, 5.74) is 3.02. The summed E-state index contributed by atoms with van der Waals surface area (Å²) >= 11 is 0. The number of aromatic nitrogens is 4. The summed E-state index contributed by atoms with van der Waals surface area (Å²) in [6, 6.07) is 19.8. The van der Waals surface area contributed by atoms with Gasteiger partial charge in [-0.15, -0.1) is 0 Å². The summed E-state index contributed by atoms with van der Waals surface area (Å²) in [5.74, 6) is 1.39. The molecule has 8 heteroatoms. The molecule has 1 atom stereocenters. The maximum absolute atomic E-state index is 12.8. The van der Waals surface area contributed by atoms with Crippen LogP contribution < -0.4 is 0 Å². The topological polar surface area (TPSA) is 80.3 Å². The maximum atomic E-state index is 12.8. The molecule has 3 heterocycles. The summed E-state index contributed by atoms with van der Waals surface area (Å²) in [5, 5.41) is 8.56. The smallest absolute Gasteiger partial charge is 0.244 e. The zero-order valence-electron chi connectivity index (χ0n) is 19.2. The van der Waals surface area contributed by atoms with E-state index in [-0.39, 0.29) is 11.9 Å². The van der Waals surface area contributed by atoms with E-state index < -0.39 is 0 Å². The largest absolute Gasteiger partial charge is 0.340 e. The number of hydrogen-bond acceptors (Lipinski definition) is 6. The summed E-state index contributed by atoms with van der Waals surface area (Å²) in [6.45, 7) is 5.03. The van der Waals surface area contributed by atoms with Crippen molar-refractivity contribution >= 4 is 5.91 Å². The molecule has 8 nitrogen and oxygen atoms in total. The minimum absolute atomic E-state index is 0.00559. The highest BCUT2D eigenvalue weighted by Crippen LogP contribution is 2.23. The van der Waals surface area contributed by atoms with Crippen molar-refractivity contribution in [3.8, 4) is 17.1 Å². The van der Waals surface area contributed by atoms with Gasteiger partial charge in [-0.3, -0.25) is 9.69 Å². The van der Waals surface area contributed by atoms with E-state index in [2.05, 4.69) is 27.1 Å². The van der Waals surface area contributed by atoms with Gasteiger partial charge in [-0.05, 0) is 31.0 Å². The van der Waals surface area contributed by atoms with Gasteiger partial charge in [-0.2, -0.15) is 10.1 Å². The second-order valence-corrected chi connectivity index (χ2v) is 8.54. The van der Waals surface area contributed by atoms with Crippen LogP contribution in [0.15, 0.2) is 77.6 Å². The SMILES string of the molecule is CC(c1nc(-c2ccccc2)no1)N1CCN(C(=O)CCc2cnn(-c3ccccc3)c2)CC1. The highest BCUT2D eigenvalue weighted by atomic mass is 16.5. The monoisotopic (exact) mass is 456 g/mol. The average molecular weight is 457 g/mol. The lowest BCUT2D eigenvalue weighted by Crippen LogP contribution is -2.49. The lowest BCUT2D eigenvalue weighted by Gasteiger charge is -2.36. The highest BCUT2D eigenvalue weighted by molar-refractivity contribution is 5.76. The van der Waals surface area contributed by atoms with Crippen LogP contribution in [0.25, 0.3) is 17.1 Å². The number of carbonyl (C=O) groups excluding carboxylic acids is 1. The molecule has 0 spiro atoms. The maximum Gasteiger partial charge on any atom is 0.244 e. The number of hydrogen-bond donors (Lipinski definition) is 0. The summed E-state index contributed by atoms with van der Waals surface area (Å²) in [7, 11) is 0. The molecule has 1 aliphatic rings. The molecule has 0 N–H and O–H groups in total. The van der Waals surface area contributed by atoms with E-state index in [4.69, 9.17) is 4.52 Å². The van der Waals surface area contributed by atoms with E-state index in [1.165, 1.54) is 0 Å². The number of aryl methyl sites for hydroxylation is 1. The van der Waals surface area contributed by atoms with Crippen LogP contribution in [0.2, 0.25) is 0 Å². The Morgan fingerprint density at radius 2 is 1.71 bits per heavy atom. The fraction of sp³-hybridized carbons (Fsp3) is 0.308. The van der Waals surface area contributed by atoms with Crippen molar-refractivity contribution in [2.24, 2.45) is 0 Å². The summed E-state index contributed by atoms with van der Waals surface area (Å²) < 4.78 is 7.39. The van der Waals surface area contributed by atoms with Gasteiger partial charge in [0.15, 0.2) is 0 Å². The van der Waals surface area contributed by atoms with Crippen molar-refractivity contribution in [2.75, 3.05) is 26.2 Å². The molecule has 1 saturated heterocycles. The number of piperazine rings is 1. The molecule has 0 saturated carbocycles. The minimum Gasteiger partial charge on any atom is -0.340 e. The van der Waals surface area contributed by atoms with Crippen LogP contribution in [-0.4, -0.2) is 61.8 Å². The van der Waals surface area contributed by atoms with Crippen molar-refractivity contribution in [3.05, 3.63) is 84.5 Å². The molecule has 2 aromatic heterocycles. The van der Waals surface area contributed by atoms with Crippen LogP contribution in [-0.2, 0) is 11.2 Å². The third-order valence-electron chi connectivity index (χ3n) is 6.33. The molecular formula is C26H28N6O2. The molecule has 4 aromatic rings. The van der Waals surface area contributed by atoms with E-state index in [9.17, 15) is 4.79 Å². The average Bonchev–Trinajstić information content (AvgIpc) is 3.58. The number of carbonyl (C=O) groups is 1. The molecule has 1 unspecified atom stereocenters. The van der Waals surface area contributed by atoms with Gasteiger partial charge in [0.05, 0.1) is 17.9 Å². The van der Waals surface area contributed by atoms with Crippen LogP contribution in [0.4, 0.5) is 0 Å². The Kier molecular flexibility index (Phi) is 6.49. The normalized spacial score (nSPS) is 15.4. The summed E-state index contributed by atoms with van der Waals surface area (Å²) in [6.07, 6.45) is 5.01. The van der Waals surface area contributed by atoms with Crippen LogP contribution in [0.5, 0.6) is 0 Å². The molecule has 1 fully saturated rings. The van der Waals surface area contributed by atoms with Gasteiger partial charge in [0.2, 0.25) is 17.6 Å². The van der Waals surface area contributed by atoms with Gasteiger partial charge in [0, 0.05) is 44.4 Å². The molecule has 0 aliphatic carbocycles. The van der Waals surface area contributed by atoms with Gasteiger partial charge in [-0.1, -0.05) is 53.7 Å². The Labute approximate surface area is 198 Å². The second-order valence-electron chi connectivity index (χ2n) is 8.54. The van der Waals surface area contributed by atoms with Crippen LogP contribution >= 0.6 is 0 Å². The summed E-state index contributed by atoms with van der Waals surface area (Å²) in [4.78, 5) is 21.6. The molecule has 5 rings (SSSR count). The van der Waals surface area contributed by atoms with Crippen LogP contribution in [0.1, 0.15) is 30.8 Å². The number of amides is 1. The van der Waals surface area contributed by atoms with Crippen molar-refractivity contribution < 1.29 is 9.32 Å². The van der Waals surface area contributed by atoms with E-state index >= 15 is 0 Å². The van der Waals surface area contributed by atoms with Gasteiger partial charge in [0.25, 0.3) is 0 Å².